The van der Waals surface area contributed by atoms with E-state index in [0.29, 0.717) is 4.90 Å². The average Bonchev–Trinajstić information content (AvgIpc) is 2.33. The standard InChI is InChI=1S/C13H9FO2S/c14-11-8-9(13(15)16)6-7-12(11)17-10-4-2-1-3-5-10/h1-8H,(H,15,16). The van der Waals surface area contributed by atoms with Crippen LogP contribution in [0.15, 0.2) is 58.3 Å². The molecular weight excluding hydrogens is 239 g/mol. The Kier molecular flexibility index (Phi) is 3.44. The second-order valence-electron chi connectivity index (χ2n) is 3.37. The maximum Gasteiger partial charge on any atom is 0.335 e. The van der Waals surface area contributed by atoms with Gasteiger partial charge in [-0.05, 0) is 30.3 Å². The fraction of sp³-hybridized carbons (Fsp3) is 0. The molecule has 2 aromatic rings. The van der Waals surface area contributed by atoms with Crippen LogP contribution in [0.1, 0.15) is 10.4 Å². The van der Waals surface area contributed by atoms with Crippen LogP contribution in [-0.2, 0) is 0 Å². The summed E-state index contributed by atoms with van der Waals surface area (Å²) < 4.78 is 13.6. The Labute approximate surface area is 102 Å². The van der Waals surface area contributed by atoms with E-state index >= 15 is 0 Å². The number of rotatable bonds is 3. The molecule has 2 aromatic carbocycles. The normalized spacial score (nSPS) is 10.2. The highest BCUT2D eigenvalue weighted by Crippen LogP contribution is 2.29. The zero-order valence-electron chi connectivity index (χ0n) is 8.76. The van der Waals surface area contributed by atoms with Crippen LogP contribution in [0, 0.1) is 5.82 Å². The van der Waals surface area contributed by atoms with Crippen LogP contribution in [0.25, 0.3) is 0 Å². The molecule has 0 unspecified atom stereocenters. The Morgan fingerprint density at radius 2 is 1.82 bits per heavy atom. The lowest BCUT2D eigenvalue weighted by molar-refractivity contribution is 0.0696. The molecule has 2 nitrogen and oxygen atoms in total. The number of benzene rings is 2. The first-order valence-corrected chi connectivity index (χ1v) is 5.74. The van der Waals surface area contributed by atoms with E-state index in [2.05, 4.69) is 0 Å². The van der Waals surface area contributed by atoms with Crippen molar-refractivity contribution in [3.8, 4) is 0 Å². The monoisotopic (exact) mass is 248 g/mol. The van der Waals surface area contributed by atoms with E-state index in [9.17, 15) is 9.18 Å². The third-order valence-electron chi connectivity index (χ3n) is 2.15. The van der Waals surface area contributed by atoms with Gasteiger partial charge >= 0.3 is 5.97 Å². The molecule has 0 aliphatic rings. The van der Waals surface area contributed by atoms with E-state index in [4.69, 9.17) is 5.11 Å². The summed E-state index contributed by atoms with van der Waals surface area (Å²) in [4.78, 5) is 12.0. The molecule has 0 spiro atoms. The molecule has 0 heterocycles. The molecule has 0 bridgehead atoms. The Bertz CT molecular complexity index is 540. The van der Waals surface area contributed by atoms with Gasteiger partial charge in [0.1, 0.15) is 5.82 Å². The van der Waals surface area contributed by atoms with Gasteiger partial charge in [-0.2, -0.15) is 0 Å². The van der Waals surface area contributed by atoms with Gasteiger partial charge in [-0.25, -0.2) is 9.18 Å². The molecule has 0 saturated heterocycles. The van der Waals surface area contributed by atoms with Crippen LogP contribution in [0.5, 0.6) is 0 Å². The van der Waals surface area contributed by atoms with Gasteiger partial charge in [0.2, 0.25) is 0 Å². The molecule has 17 heavy (non-hydrogen) atoms. The van der Waals surface area contributed by atoms with Crippen LogP contribution in [0.4, 0.5) is 4.39 Å². The molecule has 0 saturated carbocycles. The first-order chi connectivity index (χ1) is 8.16. The van der Waals surface area contributed by atoms with Crippen molar-refractivity contribution >= 4 is 17.7 Å². The highest BCUT2D eigenvalue weighted by atomic mass is 32.2. The summed E-state index contributed by atoms with van der Waals surface area (Å²) in [5, 5.41) is 8.72. The van der Waals surface area contributed by atoms with Gasteiger partial charge in [0, 0.05) is 9.79 Å². The lowest BCUT2D eigenvalue weighted by Gasteiger charge is -2.03. The summed E-state index contributed by atoms with van der Waals surface area (Å²) in [5.41, 5.74) is -0.0417. The minimum Gasteiger partial charge on any atom is -0.478 e. The topological polar surface area (TPSA) is 37.3 Å². The molecule has 1 N–H and O–H groups in total. The summed E-state index contributed by atoms with van der Waals surface area (Å²) in [7, 11) is 0. The molecule has 0 radical (unpaired) electrons. The minimum atomic E-state index is -1.12. The van der Waals surface area contributed by atoms with Crippen LogP contribution < -0.4 is 0 Å². The minimum absolute atomic E-state index is 0.0417. The number of carboxylic acid groups (broad SMARTS) is 1. The fourth-order valence-electron chi connectivity index (χ4n) is 1.33. The van der Waals surface area contributed by atoms with Crippen molar-refractivity contribution in [2.45, 2.75) is 9.79 Å². The number of carbonyl (C=O) groups is 1. The smallest absolute Gasteiger partial charge is 0.335 e. The first kappa shape index (κ1) is 11.7. The largest absolute Gasteiger partial charge is 0.478 e. The molecule has 0 aliphatic heterocycles. The lowest BCUT2D eigenvalue weighted by atomic mass is 10.2. The summed E-state index contributed by atoms with van der Waals surface area (Å²) in [6.07, 6.45) is 0. The van der Waals surface area contributed by atoms with Crippen LogP contribution in [0.3, 0.4) is 0 Å². The summed E-state index contributed by atoms with van der Waals surface area (Å²) in [6.45, 7) is 0. The van der Waals surface area contributed by atoms with Crippen molar-refractivity contribution in [3.63, 3.8) is 0 Å². The zero-order chi connectivity index (χ0) is 12.3. The summed E-state index contributed by atoms with van der Waals surface area (Å²) in [6, 6.07) is 13.3. The number of hydrogen-bond acceptors (Lipinski definition) is 2. The predicted octanol–water partition coefficient (Wildman–Crippen LogP) is 3.68. The maximum absolute atomic E-state index is 13.6. The quantitative estimate of drug-likeness (QED) is 0.900. The van der Waals surface area contributed by atoms with Gasteiger partial charge in [0.15, 0.2) is 0 Å². The Hall–Kier alpha value is -1.81. The van der Waals surface area contributed by atoms with E-state index in [0.717, 1.165) is 11.0 Å². The number of halogens is 1. The highest BCUT2D eigenvalue weighted by molar-refractivity contribution is 7.99. The maximum atomic E-state index is 13.6. The number of hydrogen-bond donors (Lipinski definition) is 1. The lowest BCUT2D eigenvalue weighted by Crippen LogP contribution is -1.97. The van der Waals surface area contributed by atoms with E-state index in [1.54, 1.807) is 0 Å². The van der Waals surface area contributed by atoms with Crippen molar-refractivity contribution in [2.24, 2.45) is 0 Å². The molecule has 0 atom stereocenters. The average molecular weight is 248 g/mol. The molecule has 86 valence electrons. The van der Waals surface area contributed by atoms with Crippen molar-refractivity contribution in [2.75, 3.05) is 0 Å². The second kappa shape index (κ2) is 5.01. The number of aromatic carboxylic acids is 1. The van der Waals surface area contributed by atoms with Crippen molar-refractivity contribution in [1.29, 1.82) is 0 Å². The summed E-state index contributed by atoms with van der Waals surface area (Å²) in [5.74, 6) is -1.64. The molecular formula is C13H9FO2S. The highest BCUT2D eigenvalue weighted by Gasteiger charge is 2.09. The first-order valence-electron chi connectivity index (χ1n) is 4.92. The third kappa shape index (κ3) is 2.85. The van der Waals surface area contributed by atoms with Crippen LogP contribution in [-0.4, -0.2) is 11.1 Å². The number of carboxylic acids is 1. The van der Waals surface area contributed by atoms with Gasteiger partial charge in [-0.3, -0.25) is 0 Å². The van der Waals surface area contributed by atoms with Crippen molar-refractivity contribution in [3.05, 3.63) is 59.9 Å². The molecule has 0 amide bonds. The van der Waals surface area contributed by atoms with Crippen LogP contribution in [0.2, 0.25) is 0 Å². The zero-order valence-corrected chi connectivity index (χ0v) is 9.58. The molecule has 2 rings (SSSR count). The third-order valence-corrected chi connectivity index (χ3v) is 3.21. The fourth-order valence-corrected chi connectivity index (χ4v) is 2.17. The SMILES string of the molecule is O=C(O)c1ccc(Sc2ccccc2)c(F)c1. The van der Waals surface area contributed by atoms with Crippen molar-refractivity contribution in [1.82, 2.24) is 0 Å². The molecule has 0 aliphatic carbocycles. The Balaban J connectivity index is 2.26. The van der Waals surface area contributed by atoms with E-state index < -0.39 is 11.8 Å². The van der Waals surface area contributed by atoms with E-state index in [-0.39, 0.29) is 5.56 Å². The molecule has 0 fully saturated rings. The van der Waals surface area contributed by atoms with Gasteiger partial charge < -0.3 is 5.11 Å². The Morgan fingerprint density at radius 1 is 1.12 bits per heavy atom. The van der Waals surface area contributed by atoms with E-state index in [1.165, 1.54) is 23.9 Å². The van der Waals surface area contributed by atoms with Gasteiger partial charge in [-0.15, -0.1) is 0 Å². The van der Waals surface area contributed by atoms with E-state index in [1.807, 2.05) is 30.3 Å². The Morgan fingerprint density at radius 3 is 2.41 bits per heavy atom. The van der Waals surface area contributed by atoms with Gasteiger partial charge in [0.05, 0.1) is 5.56 Å². The van der Waals surface area contributed by atoms with Gasteiger partial charge in [-0.1, -0.05) is 30.0 Å². The van der Waals surface area contributed by atoms with Gasteiger partial charge in [0.25, 0.3) is 0 Å². The second-order valence-corrected chi connectivity index (χ2v) is 4.48. The summed E-state index contributed by atoms with van der Waals surface area (Å²) >= 11 is 1.27. The molecule has 4 heteroatoms. The van der Waals surface area contributed by atoms with Crippen molar-refractivity contribution < 1.29 is 14.3 Å². The van der Waals surface area contributed by atoms with Crippen LogP contribution >= 0.6 is 11.8 Å². The molecule has 0 aromatic heterocycles. The predicted molar refractivity (Wildman–Crippen MR) is 63.9 cm³/mol.